The molecule has 0 radical (unpaired) electrons. The monoisotopic (exact) mass is 509 g/mol. The van der Waals surface area contributed by atoms with Gasteiger partial charge in [-0.05, 0) is 55.9 Å². The van der Waals surface area contributed by atoms with Crippen molar-refractivity contribution in [3.8, 4) is 0 Å². The number of anilines is 2. The Bertz CT molecular complexity index is 1390. The van der Waals surface area contributed by atoms with Crippen molar-refractivity contribution in [2.24, 2.45) is 0 Å². The summed E-state index contributed by atoms with van der Waals surface area (Å²) in [5, 5.41) is 9.13. The zero-order valence-corrected chi connectivity index (χ0v) is 21.6. The normalized spacial score (nSPS) is 16.5. The molecule has 0 bridgehead atoms. The number of likely N-dealkylation sites (N-methyl/N-ethyl adjacent to an activating group) is 1. The molecule has 0 aromatic heterocycles. The van der Waals surface area contributed by atoms with E-state index in [-0.39, 0.29) is 17.7 Å². The highest BCUT2D eigenvalue weighted by molar-refractivity contribution is 6.37. The van der Waals surface area contributed by atoms with Gasteiger partial charge in [-0.15, -0.1) is 0 Å². The van der Waals surface area contributed by atoms with Crippen molar-refractivity contribution in [3.63, 3.8) is 0 Å². The fraction of sp³-hybridized carbons (Fsp3) is 0.233. The zero-order chi connectivity index (χ0) is 26.6. The van der Waals surface area contributed by atoms with Crippen LogP contribution in [-0.4, -0.2) is 67.3 Å². The highest BCUT2D eigenvalue weighted by Crippen LogP contribution is 2.38. The highest BCUT2D eigenvalue weighted by atomic mass is 16.2. The summed E-state index contributed by atoms with van der Waals surface area (Å²) in [5.41, 5.74) is 5.17. The molecule has 194 valence electrons. The van der Waals surface area contributed by atoms with Crippen LogP contribution in [0.3, 0.4) is 0 Å². The molecular weight excluding hydrogens is 478 g/mol. The first-order valence-corrected chi connectivity index (χ1v) is 12.8. The Labute approximate surface area is 222 Å². The lowest BCUT2D eigenvalue weighted by Gasteiger charge is -2.32. The van der Waals surface area contributed by atoms with Crippen molar-refractivity contribution >= 4 is 40.4 Å². The van der Waals surface area contributed by atoms with Crippen LogP contribution in [0.1, 0.15) is 38.8 Å². The second-order valence-electron chi connectivity index (χ2n) is 9.49. The summed E-state index contributed by atoms with van der Waals surface area (Å²) in [6.07, 6.45) is 0. The second kappa shape index (κ2) is 10.9. The smallest absolute Gasteiger partial charge is 0.258 e. The molecule has 2 aliphatic rings. The van der Waals surface area contributed by atoms with E-state index in [0.717, 1.165) is 43.0 Å². The number of fused-ring (bicyclic) bond motifs is 1. The van der Waals surface area contributed by atoms with Gasteiger partial charge < -0.3 is 25.8 Å². The van der Waals surface area contributed by atoms with Crippen LogP contribution in [0.4, 0.5) is 11.4 Å². The first kappa shape index (κ1) is 25.2. The van der Waals surface area contributed by atoms with Crippen LogP contribution < -0.4 is 16.0 Å². The molecule has 3 N–H and O–H groups in total. The standard InChI is InChI=1S/C30H31N5O3/c1-3-31-28(36)22-11-14-24-25(19-22)33-29(37)26(24)27(20-7-5-4-6-8-20)32-23-12-9-21(10-13-23)30(38)35-17-15-34(2)16-18-35/h4-14,19,32H,3,15-18H2,1-2H3,(H,31,36)(H,33,37)/b27-26-. The molecule has 8 heteroatoms. The molecule has 0 atom stereocenters. The Hall–Kier alpha value is -4.43. The summed E-state index contributed by atoms with van der Waals surface area (Å²) in [5.74, 6) is -0.408. The van der Waals surface area contributed by atoms with E-state index < -0.39 is 0 Å². The molecule has 1 fully saturated rings. The lowest BCUT2D eigenvalue weighted by atomic mass is 9.98. The third-order valence-corrected chi connectivity index (χ3v) is 6.87. The van der Waals surface area contributed by atoms with Gasteiger partial charge in [0.1, 0.15) is 0 Å². The van der Waals surface area contributed by atoms with Crippen LogP contribution in [0.25, 0.3) is 11.3 Å². The molecule has 0 spiro atoms. The summed E-state index contributed by atoms with van der Waals surface area (Å²) < 4.78 is 0. The van der Waals surface area contributed by atoms with E-state index in [2.05, 4.69) is 27.9 Å². The topological polar surface area (TPSA) is 93.8 Å². The molecule has 3 amide bonds. The maximum absolute atomic E-state index is 13.2. The number of carbonyl (C=O) groups excluding carboxylic acids is 3. The van der Waals surface area contributed by atoms with Crippen LogP contribution in [-0.2, 0) is 4.79 Å². The van der Waals surface area contributed by atoms with Crippen LogP contribution >= 0.6 is 0 Å². The average molecular weight is 510 g/mol. The molecule has 0 aliphatic carbocycles. The van der Waals surface area contributed by atoms with Gasteiger partial charge in [0.15, 0.2) is 0 Å². The predicted octanol–water partition coefficient (Wildman–Crippen LogP) is 3.76. The maximum Gasteiger partial charge on any atom is 0.258 e. The second-order valence-corrected chi connectivity index (χ2v) is 9.49. The number of hydrogen-bond donors (Lipinski definition) is 3. The highest BCUT2D eigenvalue weighted by Gasteiger charge is 2.29. The van der Waals surface area contributed by atoms with Gasteiger partial charge in [-0.2, -0.15) is 0 Å². The van der Waals surface area contributed by atoms with E-state index >= 15 is 0 Å². The first-order valence-electron chi connectivity index (χ1n) is 12.8. The maximum atomic E-state index is 13.2. The minimum absolute atomic E-state index is 0.0262. The van der Waals surface area contributed by atoms with Crippen molar-refractivity contribution in [2.75, 3.05) is 50.4 Å². The van der Waals surface area contributed by atoms with Crippen LogP contribution in [0, 0.1) is 0 Å². The molecule has 2 heterocycles. The summed E-state index contributed by atoms with van der Waals surface area (Å²) in [6, 6.07) is 22.2. The lowest BCUT2D eigenvalue weighted by Crippen LogP contribution is -2.47. The molecule has 3 aromatic rings. The first-order chi connectivity index (χ1) is 18.4. The number of piperazine rings is 1. The summed E-state index contributed by atoms with van der Waals surface area (Å²) >= 11 is 0. The van der Waals surface area contributed by atoms with Crippen LogP contribution in [0.15, 0.2) is 72.8 Å². The van der Waals surface area contributed by atoms with E-state index in [1.165, 1.54) is 0 Å². The number of hydrogen-bond acceptors (Lipinski definition) is 5. The molecule has 2 aliphatic heterocycles. The summed E-state index contributed by atoms with van der Waals surface area (Å²) in [6.45, 7) is 5.56. The van der Waals surface area contributed by atoms with Crippen molar-refractivity contribution in [1.82, 2.24) is 15.1 Å². The Morgan fingerprint density at radius 2 is 1.55 bits per heavy atom. The van der Waals surface area contributed by atoms with Gasteiger partial charge in [0, 0.05) is 60.8 Å². The van der Waals surface area contributed by atoms with E-state index in [4.69, 9.17) is 0 Å². The van der Waals surface area contributed by atoms with Crippen LogP contribution in [0.2, 0.25) is 0 Å². The fourth-order valence-electron chi connectivity index (χ4n) is 4.74. The van der Waals surface area contributed by atoms with E-state index in [1.54, 1.807) is 18.2 Å². The molecule has 0 unspecified atom stereocenters. The SMILES string of the molecule is CCNC(=O)c1ccc2c(c1)NC(=O)/C2=C(\Nc1ccc(C(=O)N2CCN(C)CC2)cc1)c1ccccc1. The molecule has 0 saturated carbocycles. The van der Waals surface area contributed by atoms with Gasteiger partial charge in [-0.25, -0.2) is 0 Å². The van der Waals surface area contributed by atoms with Gasteiger partial charge in [0.2, 0.25) is 0 Å². The zero-order valence-electron chi connectivity index (χ0n) is 21.6. The quantitative estimate of drug-likeness (QED) is 0.440. The number of nitrogens with one attached hydrogen (secondary N) is 3. The Balaban J connectivity index is 1.46. The lowest BCUT2D eigenvalue weighted by molar-refractivity contribution is -0.110. The minimum atomic E-state index is -0.249. The third kappa shape index (κ3) is 5.17. The van der Waals surface area contributed by atoms with Crippen molar-refractivity contribution in [3.05, 3.63) is 95.1 Å². The van der Waals surface area contributed by atoms with Crippen LogP contribution in [0.5, 0.6) is 0 Å². The molecule has 3 aromatic carbocycles. The number of benzene rings is 3. The molecule has 8 nitrogen and oxygen atoms in total. The number of amides is 3. The number of carbonyl (C=O) groups is 3. The molecule has 38 heavy (non-hydrogen) atoms. The predicted molar refractivity (Wildman–Crippen MR) is 150 cm³/mol. The molecular formula is C30H31N5O3. The fourth-order valence-corrected chi connectivity index (χ4v) is 4.74. The van der Waals surface area contributed by atoms with Gasteiger partial charge in [-0.1, -0.05) is 36.4 Å². The largest absolute Gasteiger partial charge is 0.354 e. The number of rotatable bonds is 6. The third-order valence-electron chi connectivity index (χ3n) is 6.87. The van der Waals surface area contributed by atoms with Gasteiger partial charge in [-0.3, -0.25) is 14.4 Å². The molecule has 1 saturated heterocycles. The Kier molecular flexibility index (Phi) is 7.24. The molecule has 5 rings (SSSR count). The summed E-state index contributed by atoms with van der Waals surface area (Å²) in [4.78, 5) is 42.6. The summed E-state index contributed by atoms with van der Waals surface area (Å²) in [7, 11) is 2.06. The van der Waals surface area contributed by atoms with Gasteiger partial charge in [0.05, 0.1) is 11.3 Å². The Morgan fingerprint density at radius 3 is 2.24 bits per heavy atom. The average Bonchev–Trinajstić information content (AvgIpc) is 3.27. The van der Waals surface area contributed by atoms with E-state index in [0.29, 0.717) is 34.6 Å². The van der Waals surface area contributed by atoms with E-state index in [1.807, 2.05) is 66.4 Å². The van der Waals surface area contributed by atoms with Gasteiger partial charge >= 0.3 is 0 Å². The minimum Gasteiger partial charge on any atom is -0.354 e. The van der Waals surface area contributed by atoms with Crippen molar-refractivity contribution < 1.29 is 14.4 Å². The van der Waals surface area contributed by atoms with E-state index in [9.17, 15) is 14.4 Å². The van der Waals surface area contributed by atoms with Crippen molar-refractivity contribution in [2.45, 2.75) is 6.92 Å². The van der Waals surface area contributed by atoms with Crippen molar-refractivity contribution in [1.29, 1.82) is 0 Å². The number of nitrogens with zero attached hydrogens (tertiary/aromatic N) is 2. The Morgan fingerprint density at radius 1 is 0.868 bits per heavy atom. The van der Waals surface area contributed by atoms with Gasteiger partial charge in [0.25, 0.3) is 17.7 Å².